The first-order chi connectivity index (χ1) is 12.1. The molecule has 7 heteroatoms. The summed E-state index contributed by atoms with van der Waals surface area (Å²) < 4.78 is 1.84. The lowest BCUT2D eigenvalue weighted by Gasteiger charge is -2.16. The standard InChI is InChI=1S/C18H21N5OS/c1-12-11-25-18(20-12)23-6-5-15(10-23)21-17(24)8-13-3-4-16-14(7-13)9-19-22(16)2/h3-4,7,9,11,15H,5-6,8,10H2,1-2H3,(H,21,24)/t15-/m1/s1. The molecule has 1 amide bonds. The summed E-state index contributed by atoms with van der Waals surface area (Å²) in [4.78, 5) is 19.2. The topological polar surface area (TPSA) is 63.1 Å². The van der Waals surface area contributed by atoms with Gasteiger partial charge in [0.2, 0.25) is 5.91 Å². The second-order valence-electron chi connectivity index (χ2n) is 6.61. The van der Waals surface area contributed by atoms with Gasteiger partial charge >= 0.3 is 0 Å². The van der Waals surface area contributed by atoms with Crippen molar-refractivity contribution in [2.24, 2.45) is 7.05 Å². The van der Waals surface area contributed by atoms with Crippen molar-refractivity contribution in [1.29, 1.82) is 0 Å². The monoisotopic (exact) mass is 355 g/mol. The highest BCUT2D eigenvalue weighted by atomic mass is 32.1. The molecule has 1 aromatic carbocycles. The van der Waals surface area contributed by atoms with Crippen molar-refractivity contribution in [3.05, 3.63) is 41.0 Å². The van der Waals surface area contributed by atoms with E-state index in [1.165, 1.54) is 0 Å². The van der Waals surface area contributed by atoms with Crippen LogP contribution in [0.3, 0.4) is 0 Å². The Morgan fingerprint density at radius 2 is 2.32 bits per heavy atom. The highest BCUT2D eigenvalue weighted by Gasteiger charge is 2.25. The van der Waals surface area contributed by atoms with Crippen LogP contribution in [0.5, 0.6) is 0 Å². The zero-order valence-electron chi connectivity index (χ0n) is 14.4. The molecular weight excluding hydrogens is 334 g/mol. The Morgan fingerprint density at radius 1 is 1.44 bits per heavy atom. The van der Waals surface area contributed by atoms with E-state index >= 15 is 0 Å². The van der Waals surface area contributed by atoms with Crippen LogP contribution in [0.1, 0.15) is 17.7 Å². The van der Waals surface area contributed by atoms with Gasteiger partial charge in [-0.15, -0.1) is 11.3 Å². The van der Waals surface area contributed by atoms with Gasteiger partial charge in [0.1, 0.15) is 0 Å². The number of anilines is 1. The number of nitrogens with zero attached hydrogens (tertiary/aromatic N) is 4. The van der Waals surface area contributed by atoms with E-state index in [0.717, 1.165) is 46.8 Å². The molecule has 1 saturated heterocycles. The highest BCUT2D eigenvalue weighted by Crippen LogP contribution is 2.24. The smallest absolute Gasteiger partial charge is 0.224 e. The lowest BCUT2D eigenvalue weighted by atomic mass is 10.1. The molecule has 4 rings (SSSR count). The summed E-state index contributed by atoms with van der Waals surface area (Å²) in [7, 11) is 1.92. The first-order valence-corrected chi connectivity index (χ1v) is 9.33. The number of amides is 1. The normalized spacial score (nSPS) is 17.4. The number of hydrogen-bond acceptors (Lipinski definition) is 5. The minimum atomic E-state index is 0.0745. The third-order valence-electron chi connectivity index (χ3n) is 4.61. The second-order valence-corrected chi connectivity index (χ2v) is 7.45. The Balaban J connectivity index is 1.35. The van der Waals surface area contributed by atoms with Crippen LogP contribution in [0, 0.1) is 6.92 Å². The molecule has 130 valence electrons. The van der Waals surface area contributed by atoms with Crippen LogP contribution in [0.15, 0.2) is 29.8 Å². The Hall–Kier alpha value is -2.41. The van der Waals surface area contributed by atoms with Gasteiger partial charge < -0.3 is 10.2 Å². The molecule has 0 spiro atoms. The first kappa shape index (κ1) is 16.1. The average Bonchev–Trinajstić information content (AvgIpc) is 3.28. The summed E-state index contributed by atoms with van der Waals surface area (Å²) in [5.41, 5.74) is 3.15. The Bertz CT molecular complexity index is 915. The van der Waals surface area contributed by atoms with E-state index in [1.807, 2.05) is 43.0 Å². The fourth-order valence-electron chi connectivity index (χ4n) is 3.33. The van der Waals surface area contributed by atoms with Crippen molar-refractivity contribution >= 4 is 33.3 Å². The van der Waals surface area contributed by atoms with Gasteiger partial charge in [-0.1, -0.05) is 6.07 Å². The van der Waals surface area contributed by atoms with E-state index in [2.05, 4.69) is 25.7 Å². The number of carbonyl (C=O) groups is 1. The van der Waals surface area contributed by atoms with Gasteiger partial charge in [-0.3, -0.25) is 9.48 Å². The number of thiazole rings is 1. The quantitative estimate of drug-likeness (QED) is 0.780. The van der Waals surface area contributed by atoms with Crippen LogP contribution in [-0.4, -0.2) is 39.8 Å². The molecule has 25 heavy (non-hydrogen) atoms. The fraction of sp³-hybridized carbons (Fsp3) is 0.389. The van der Waals surface area contributed by atoms with Crippen LogP contribution in [0.4, 0.5) is 5.13 Å². The summed E-state index contributed by atoms with van der Waals surface area (Å²) >= 11 is 1.67. The third-order valence-corrected chi connectivity index (χ3v) is 5.63. The molecule has 3 heterocycles. The van der Waals surface area contributed by atoms with Gasteiger partial charge in [0.05, 0.1) is 23.8 Å². The summed E-state index contributed by atoms with van der Waals surface area (Å²) in [5.74, 6) is 0.0745. The molecular formula is C18H21N5OS. The molecule has 0 bridgehead atoms. The largest absolute Gasteiger partial charge is 0.351 e. The SMILES string of the molecule is Cc1csc(N2CC[C@@H](NC(=O)Cc3ccc4c(cnn4C)c3)C2)n1. The lowest BCUT2D eigenvalue weighted by molar-refractivity contribution is -0.121. The van der Waals surface area contributed by atoms with Crippen molar-refractivity contribution in [3.63, 3.8) is 0 Å². The molecule has 0 unspecified atom stereocenters. The summed E-state index contributed by atoms with van der Waals surface area (Å²) in [6.45, 7) is 3.79. The zero-order chi connectivity index (χ0) is 17.4. The molecule has 1 aliphatic heterocycles. The molecule has 0 aliphatic carbocycles. The summed E-state index contributed by atoms with van der Waals surface area (Å²) in [6, 6.07) is 6.26. The Kier molecular flexibility index (Phi) is 4.17. The van der Waals surface area contributed by atoms with Gasteiger partial charge in [0.25, 0.3) is 0 Å². The molecule has 3 aromatic rings. The first-order valence-electron chi connectivity index (χ1n) is 8.45. The lowest BCUT2D eigenvalue weighted by Crippen LogP contribution is -2.37. The maximum atomic E-state index is 12.4. The number of hydrogen-bond donors (Lipinski definition) is 1. The van der Waals surface area contributed by atoms with E-state index in [9.17, 15) is 4.79 Å². The van der Waals surface area contributed by atoms with Crippen LogP contribution in [0.25, 0.3) is 10.9 Å². The number of nitrogens with one attached hydrogen (secondary N) is 1. The molecule has 1 aliphatic rings. The van der Waals surface area contributed by atoms with Gasteiger partial charge in [-0.05, 0) is 31.0 Å². The van der Waals surface area contributed by atoms with Crippen molar-refractivity contribution in [1.82, 2.24) is 20.1 Å². The van der Waals surface area contributed by atoms with E-state index < -0.39 is 0 Å². The van der Waals surface area contributed by atoms with Gasteiger partial charge in [0, 0.05) is 36.9 Å². The van der Waals surface area contributed by atoms with Crippen LogP contribution in [0.2, 0.25) is 0 Å². The number of carbonyl (C=O) groups excluding carboxylic acids is 1. The predicted molar refractivity (Wildman–Crippen MR) is 100 cm³/mol. The number of aromatic nitrogens is 3. The third kappa shape index (κ3) is 3.37. The Labute approximate surface area is 150 Å². The molecule has 1 N–H and O–H groups in total. The van der Waals surface area contributed by atoms with Crippen LogP contribution < -0.4 is 10.2 Å². The zero-order valence-corrected chi connectivity index (χ0v) is 15.2. The fourth-order valence-corrected chi connectivity index (χ4v) is 4.17. The van der Waals surface area contributed by atoms with Crippen molar-refractivity contribution in [2.45, 2.75) is 25.8 Å². The van der Waals surface area contributed by atoms with Crippen molar-refractivity contribution in [3.8, 4) is 0 Å². The Morgan fingerprint density at radius 3 is 3.12 bits per heavy atom. The average molecular weight is 355 g/mol. The minimum Gasteiger partial charge on any atom is -0.351 e. The maximum absolute atomic E-state index is 12.4. The van der Waals surface area contributed by atoms with Crippen molar-refractivity contribution < 1.29 is 4.79 Å². The van der Waals surface area contributed by atoms with Gasteiger partial charge in [-0.2, -0.15) is 5.10 Å². The molecule has 1 fully saturated rings. The molecule has 6 nitrogen and oxygen atoms in total. The van der Waals surface area contributed by atoms with Crippen LogP contribution in [-0.2, 0) is 18.3 Å². The van der Waals surface area contributed by atoms with E-state index in [-0.39, 0.29) is 11.9 Å². The minimum absolute atomic E-state index is 0.0745. The number of aryl methyl sites for hydroxylation is 2. The second kappa shape index (κ2) is 6.48. The van der Waals surface area contributed by atoms with Gasteiger partial charge in [0.15, 0.2) is 5.13 Å². The molecule has 2 aromatic heterocycles. The van der Waals surface area contributed by atoms with E-state index in [0.29, 0.717) is 6.42 Å². The van der Waals surface area contributed by atoms with Crippen LogP contribution >= 0.6 is 11.3 Å². The summed E-state index contributed by atoms with van der Waals surface area (Å²) in [6.07, 6.45) is 3.20. The van der Waals surface area contributed by atoms with E-state index in [1.54, 1.807) is 11.3 Å². The van der Waals surface area contributed by atoms with Gasteiger partial charge in [-0.25, -0.2) is 4.98 Å². The molecule has 0 radical (unpaired) electrons. The summed E-state index contributed by atoms with van der Waals surface area (Å²) in [5, 5.41) is 11.6. The number of fused-ring (bicyclic) bond motifs is 1. The highest BCUT2D eigenvalue weighted by molar-refractivity contribution is 7.13. The molecule has 0 saturated carbocycles. The number of rotatable bonds is 4. The van der Waals surface area contributed by atoms with Crippen molar-refractivity contribution in [2.75, 3.05) is 18.0 Å². The number of benzene rings is 1. The van der Waals surface area contributed by atoms with E-state index in [4.69, 9.17) is 0 Å². The predicted octanol–water partition coefficient (Wildman–Crippen LogP) is 2.28. The maximum Gasteiger partial charge on any atom is 0.224 e. The molecule has 1 atom stereocenters.